The van der Waals surface area contributed by atoms with E-state index in [9.17, 15) is 0 Å². The predicted molar refractivity (Wildman–Crippen MR) is 78.0 cm³/mol. The molecule has 3 aliphatic carbocycles. The molecule has 2 bridgehead atoms. The van der Waals surface area contributed by atoms with Gasteiger partial charge in [-0.25, -0.2) is 0 Å². The predicted octanol–water partition coefficient (Wildman–Crippen LogP) is 4.37. The van der Waals surface area contributed by atoms with Crippen molar-refractivity contribution in [1.82, 2.24) is 0 Å². The normalized spacial score (nSPS) is 27.1. The molecule has 4 rings (SSSR count). The van der Waals surface area contributed by atoms with Crippen molar-refractivity contribution in [1.29, 1.82) is 0 Å². The molecule has 0 heterocycles. The number of methoxy groups -OCH3 is 1. The SMILES string of the molecule is COc1ccc(C=C2C=C3C(=C2)[C@H]2CC[C@H]3C2)cc1. The fourth-order valence-electron chi connectivity index (χ4n) is 3.80. The molecule has 0 radical (unpaired) electrons. The number of fused-ring (bicyclic) bond motifs is 5. The topological polar surface area (TPSA) is 9.23 Å². The van der Waals surface area contributed by atoms with Gasteiger partial charge in [0, 0.05) is 0 Å². The van der Waals surface area contributed by atoms with E-state index in [1.165, 1.54) is 30.4 Å². The first-order valence-corrected chi connectivity index (χ1v) is 7.13. The summed E-state index contributed by atoms with van der Waals surface area (Å²) >= 11 is 0. The van der Waals surface area contributed by atoms with Crippen LogP contribution in [0.2, 0.25) is 0 Å². The molecule has 0 aromatic heterocycles. The summed E-state index contributed by atoms with van der Waals surface area (Å²) in [6, 6.07) is 8.27. The molecule has 0 spiro atoms. The van der Waals surface area contributed by atoms with Crippen LogP contribution in [0, 0.1) is 11.8 Å². The molecule has 19 heavy (non-hydrogen) atoms. The van der Waals surface area contributed by atoms with Crippen LogP contribution in [0.1, 0.15) is 24.8 Å². The summed E-state index contributed by atoms with van der Waals surface area (Å²) in [6.45, 7) is 0. The second-order valence-electron chi connectivity index (χ2n) is 5.82. The highest BCUT2D eigenvalue weighted by Gasteiger charge is 2.40. The van der Waals surface area contributed by atoms with Crippen molar-refractivity contribution < 1.29 is 4.74 Å². The van der Waals surface area contributed by atoms with Gasteiger partial charge in [-0.2, -0.15) is 0 Å². The second kappa shape index (κ2) is 4.12. The Labute approximate surface area is 114 Å². The van der Waals surface area contributed by atoms with Gasteiger partial charge < -0.3 is 4.74 Å². The standard InChI is InChI=1S/C18H18O/c1-19-16-6-2-12(3-7-16)8-13-9-17-14-4-5-15(11-14)18(17)10-13/h2-3,6-10,14-15H,4-5,11H2,1H3/t14-,15-/m0/s1. The number of ether oxygens (including phenoxy) is 1. The molecule has 0 amide bonds. The van der Waals surface area contributed by atoms with Gasteiger partial charge in [0.25, 0.3) is 0 Å². The van der Waals surface area contributed by atoms with E-state index in [1.807, 2.05) is 12.1 Å². The van der Waals surface area contributed by atoms with Gasteiger partial charge >= 0.3 is 0 Å². The van der Waals surface area contributed by atoms with E-state index in [4.69, 9.17) is 4.74 Å². The van der Waals surface area contributed by atoms with Crippen LogP contribution in [0.25, 0.3) is 6.08 Å². The largest absolute Gasteiger partial charge is 0.497 e. The average Bonchev–Trinajstić information content (AvgIpc) is 3.11. The molecule has 96 valence electrons. The van der Waals surface area contributed by atoms with Crippen molar-refractivity contribution in [2.75, 3.05) is 7.11 Å². The maximum Gasteiger partial charge on any atom is 0.118 e. The maximum absolute atomic E-state index is 5.19. The average molecular weight is 250 g/mol. The van der Waals surface area contributed by atoms with Gasteiger partial charge in [-0.15, -0.1) is 0 Å². The van der Waals surface area contributed by atoms with Crippen LogP contribution in [0.4, 0.5) is 0 Å². The Hall–Kier alpha value is -1.76. The van der Waals surface area contributed by atoms with Crippen LogP contribution >= 0.6 is 0 Å². The van der Waals surface area contributed by atoms with Gasteiger partial charge in [0.15, 0.2) is 0 Å². The summed E-state index contributed by atoms with van der Waals surface area (Å²) in [4.78, 5) is 0. The molecule has 0 N–H and O–H groups in total. The molecule has 3 aliphatic rings. The Morgan fingerprint density at radius 2 is 1.63 bits per heavy atom. The highest BCUT2D eigenvalue weighted by Crippen LogP contribution is 2.54. The van der Waals surface area contributed by atoms with Gasteiger partial charge in [0.2, 0.25) is 0 Å². The van der Waals surface area contributed by atoms with Gasteiger partial charge in [-0.3, -0.25) is 0 Å². The van der Waals surface area contributed by atoms with E-state index < -0.39 is 0 Å². The van der Waals surface area contributed by atoms with Gasteiger partial charge in [-0.05, 0) is 71.6 Å². The van der Waals surface area contributed by atoms with E-state index in [1.54, 1.807) is 18.3 Å². The summed E-state index contributed by atoms with van der Waals surface area (Å²) in [5.74, 6) is 2.64. The number of hydrogen-bond donors (Lipinski definition) is 0. The third-order valence-corrected chi connectivity index (χ3v) is 4.74. The molecule has 1 heteroatoms. The molecule has 0 aliphatic heterocycles. The lowest BCUT2D eigenvalue weighted by molar-refractivity contribution is 0.415. The van der Waals surface area contributed by atoms with Crippen LogP contribution in [-0.4, -0.2) is 7.11 Å². The number of rotatable bonds is 2. The Morgan fingerprint density at radius 3 is 2.21 bits per heavy atom. The molecule has 1 aromatic rings. The molecule has 0 unspecified atom stereocenters. The highest BCUT2D eigenvalue weighted by atomic mass is 16.5. The van der Waals surface area contributed by atoms with Crippen LogP contribution in [0.5, 0.6) is 5.75 Å². The van der Waals surface area contributed by atoms with Gasteiger partial charge in [0.05, 0.1) is 7.11 Å². The summed E-state index contributed by atoms with van der Waals surface area (Å²) in [5.41, 5.74) is 5.88. The first kappa shape index (κ1) is 11.1. The van der Waals surface area contributed by atoms with E-state index in [-0.39, 0.29) is 0 Å². The smallest absolute Gasteiger partial charge is 0.118 e. The zero-order valence-electron chi connectivity index (χ0n) is 11.2. The maximum atomic E-state index is 5.19. The zero-order valence-corrected chi connectivity index (χ0v) is 11.2. The minimum atomic E-state index is 0.859. The zero-order chi connectivity index (χ0) is 12.8. The van der Waals surface area contributed by atoms with Crippen LogP contribution in [0.15, 0.2) is 53.1 Å². The fraction of sp³-hybridized carbons (Fsp3) is 0.333. The monoisotopic (exact) mass is 250 g/mol. The third-order valence-electron chi connectivity index (χ3n) is 4.74. The van der Waals surface area contributed by atoms with Crippen LogP contribution in [0.3, 0.4) is 0 Å². The molecule has 1 aromatic carbocycles. The molecule has 1 nitrogen and oxygen atoms in total. The van der Waals surface area contributed by atoms with Crippen molar-refractivity contribution in [3.8, 4) is 5.75 Å². The summed E-state index contributed by atoms with van der Waals surface area (Å²) < 4.78 is 5.19. The second-order valence-corrected chi connectivity index (χ2v) is 5.82. The number of allylic oxidation sites excluding steroid dienone is 5. The first-order valence-electron chi connectivity index (χ1n) is 7.13. The Bertz CT molecular complexity index is 573. The van der Waals surface area contributed by atoms with Crippen molar-refractivity contribution in [3.63, 3.8) is 0 Å². The van der Waals surface area contributed by atoms with E-state index in [0.29, 0.717) is 0 Å². The highest BCUT2D eigenvalue weighted by molar-refractivity contribution is 5.68. The summed E-state index contributed by atoms with van der Waals surface area (Å²) in [6.07, 6.45) is 11.3. The van der Waals surface area contributed by atoms with E-state index in [2.05, 4.69) is 30.4 Å². The van der Waals surface area contributed by atoms with E-state index >= 15 is 0 Å². The molecule has 2 atom stereocenters. The fourth-order valence-corrected chi connectivity index (χ4v) is 3.80. The van der Waals surface area contributed by atoms with Crippen molar-refractivity contribution in [2.45, 2.75) is 19.3 Å². The molecule has 2 saturated carbocycles. The van der Waals surface area contributed by atoms with E-state index in [0.717, 1.165) is 17.6 Å². The van der Waals surface area contributed by atoms with Gasteiger partial charge in [0.1, 0.15) is 5.75 Å². The minimum absolute atomic E-state index is 0.859. The lowest BCUT2D eigenvalue weighted by Crippen LogP contribution is -1.99. The van der Waals surface area contributed by atoms with Crippen molar-refractivity contribution >= 4 is 6.08 Å². The Balaban J connectivity index is 1.64. The third kappa shape index (κ3) is 1.76. The molecular weight excluding hydrogens is 232 g/mol. The minimum Gasteiger partial charge on any atom is -0.497 e. The summed E-state index contributed by atoms with van der Waals surface area (Å²) in [7, 11) is 1.70. The van der Waals surface area contributed by atoms with Crippen molar-refractivity contribution in [3.05, 3.63) is 58.7 Å². The molecule has 2 fully saturated rings. The van der Waals surface area contributed by atoms with Crippen molar-refractivity contribution in [2.24, 2.45) is 11.8 Å². The number of hydrogen-bond acceptors (Lipinski definition) is 1. The summed E-state index contributed by atoms with van der Waals surface area (Å²) in [5, 5.41) is 0. The first-order chi connectivity index (χ1) is 9.33. The molecule has 0 saturated heterocycles. The van der Waals surface area contributed by atoms with Crippen LogP contribution < -0.4 is 4.74 Å². The quantitative estimate of drug-likeness (QED) is 0.757. The Kier molecular flexibility index (Phi) is 2.41. The van der Waals surface area contributed by atoms with Gasteiger partial charge in [-0.1, -0.05) is 24.3 Å². The lowest BCUT2D eigenvalue weighted by atomic mass is 9.92. The van der Waals surface area contributed by atoms with Crippen LogP contribution in [-0.2, 0) is 0 Å². The Morgan fingerprint density at radius 1 is 1.00 bits per heavy atom. The lowest BCUT2D eigenvalue weighted by Gasteiger charge is -2.12. The number of benzene rings is 1. The molecular formula is C18H18O.